The number of carboxylic acid groups (broad SMARTS) is 1. The Hall–Kier alpha value is -1.30. The highest BCUT2D eigenvalue weighted by Crippen LogP contribution is 2.38. The third-order valence-electron chi connectivity index (χ3n) is 4.08. The molecule has 1 atom stereocenters. The van der Waals surface area contributed by atoms with Crippen molar-refractivity contribution in [1.82, 2.24) is 9.80 Å². The second-order valence-corrected chi connectivity index (χ2v) is 5.57. The fraction of sp³-hybridized carbons (Fsp3) is 0.846. The molecule has 0 radical (unpaired) electrons. The summed E-state index contributed by atoms with van der Waals surface area (Å²) in [6.07, 6.45) is 1.03. The highest BCUT2D eigenvalue weighted by atomic mass is 16.4. The van der Waals surface area contributed by atoms with E-state index in [2.05, 4.69) is 0 Å². The summed E-state index contributed by atoms with van der Waals surface area (Å²) in [6.45, 7) is 5.04. The minimum atomic E-state index is -0.826. The van der Waals surface area contributed by atoms with Crippen molar-refractivity contribution in [3.63, 3.8) is 0 Å². The zero-order valence-corrected chi connectivity index (χ0v) is 11.9. The fourth-order valence-corrected chi connectivity index (χ4v) is 2.53. The van der Waals surface area contributed by atoms with E-state index in [1.807, 2.05) is 13.8 Å². The predicted octanol–water partition coefficient (Wildman–Crippen LogP) is 0.853. The summed E-state index contributed by atoms with van der Waals surface area (Å²) in [7, 11) is 1.67. The van der Waals surface area contributed by atoms with Gasteiger partial charge in [-0.2, -0.15) is 0 Å². The number of aliphatic hydroxyl groups is 1. The van der Waals surface area contributed by atoms with Crippen LogP contribution < -0.4 is 0 Å². The van der Waals surface area contributed by atoms with Gasteiger partial charge in [0.15, 0.2) is 0 Å². The van der Waals surface area contributed by atoms with Crippen LogP contribution >= 0.6 is 0 Å². The van der Waals surface area contributed by atoms with Gasteiger partial charge in [-0.15, -0.1) is 0 Å². The Labute approximate surface area is 114 Å². The Balaban J connectivity index is 2.69. The van der Waals surface area contributed by atoms with Crippen molar-refractivity contribution < 1.29 is 19.8 Å². The SMILES string of the molecule is CC(C)C1(C(=O)O)CCN(C(=O)N(C)CCCO)C1. The summed E-state index contributed by atoms with van der Waals surface area (Å²) in [5.74, 6) is -0.832. The van der Waals surface area contributed by atoms with E-state index in [-0.39, 0.29) is 25.1 Å². The first-order valence-electron chi connectivity index (χ1n) is 6.69. The standard InChI is InChI=1S/C13H24N2O4/c1-10(2)13(11(17)18)5-7-15(9-13)12(19)14(3)6-4-8-16/h10,16H,4-9H2,1-3H3,(H,17,18). The molecule has 1 saturated heterocycles. The third kappa shape index (κ3) is 3.18. The van der Waals surface area contributed by atoms with Gasteiger partial charge < -0.3 is 20.0 Å². The van der Waals surface area contributed by atoms with Gasteiger partial charge in [0.25, 0.3) is 0 Å². The first kappa shape index (κ1) is 15.8. The smallest absolute Gasteiger partial charge is 0.319 e. The number of likely N-dealkylation sites (tertiary alicyclic amines) is 1. The molecule has 2 amide bonds. The van der Waals surface area contributed by atoms with Gasteiger partial charge in [0.2, 0.25) is 0 Å². The van der Waals surface area contributed by atoms with Crippen LogP contribution in [-0.4, -0.2) is 65.3 Å². The number of carbonyl (C=O) groups excluding carboxylic acids is 1. The lowest BCUT2D eigenvalue weighted by molar-refractivity contribution is -0.150. The molecule has 0 spiro atoms. The van der Waals surface area contributed by atoms with Crippen molar-refractivity contribution >= 4 is 12.0 Å². The number of urea groups is 1. The first-order valence-corrected chi connectivity index (χ1v) is 6.69. The lowest BCUT2D eigenvalue weighted by Gasteiger charge is -2.30. The van der Waals surface area contributed by atoms with Crippen molar-refractivity contribution in [3.05, 3.63) is 0 Å². The van der Waals surface area contributed by atoms with Crippen LogP contribution in [0.1, 0.15) is 26.7 Å². The molecule has 1 aliphatic rings. The molecule has 1 heterocycles. The Bertz CT molecular complexity index is 346. The van der Waals surface area contributed by atoms with Crippen LogP contribution in [-0.2, 0) is 4.79 Å². The van der Waals surface area contributed by atoms with Gasteiger partial charge in [0.05, 0.1) is 5.41 Å². The van der Waals surface area contributed by atoms with Gasteiger partial charge in [-0.3, -0.25) is 4.79 Å². The van der Waals surface area contributed by atoms with E-state index in [0.29, 0.717) is 25.9 Å². The molecule has 6 heteroatoms. The van der Waals surface area contributed by atoms with E-state index in [0.717, 1.165) is 0 Å². The number of hydrogen-bond donors (Lipinski definition) is 2. The Morgan fingerprint density at radius 1 is 1.42 bits per heavy atom. The predicted molar refractivity (Wildman–Crippen MR) is 70.8 cm³/mol. The maximum Gasteiger partial charge on any atom is 0.319 e. The second-order valence-electron chi connectivity index (χ2n) is 5.57. The molecule has 0 aromatic heterocycles. The van der Waals surface area contributed by atoms with Crippen LogP contribution in [0.5, 0.6) is 0 Å². The Kier molecular flexibility index (Phi) is 5.17. The van der Waals surface area contributed by atoms with Gasteiger partial charge >= 0.3 is 12.0 Å². The molecule has 1 fully saturated rings. The highest BCUT2D eigenvalue weighted by Gasteiger charge is 2.48. The lowest BCUT2D eigenvalue weighted by Crippen LogP contribution is -2.44. The van der Waals surface area contributed by atoms with Gasteiger partial charge in [0, 0.05) is 33.3 Å². The molecule has 0 bridgehead atoms. The number of carboxylic acids is 1. The minimum absolute atomic E-state index is 0.00875. The molecule has 110 valence electrons. The number of aliphatic hydroxyl groups excluding tert-OH is 1. The molecule has 0 aromatic rings. The summed E-state index contributed by atoms with van der Waals surface area (Å²) < 4.78 is 0. The summed E-state index contributed by atoms with van der Waals surface area (Å²) in [5.41, 5.74) is -0.826. The number of rotatable bonds is 5. The van der Waals surface area contributed by atoms with Gasteiger partial charge in [-0.05, 0) is 18.8 Å². The van der Waals surface area contributed by atoms with E-state index in [1.54, 1.807) is 11.9 Å². The normalized spacial score (nSPS) is 22.9. The summed E-state index contributed by atoms with van der Waals surface area (Å²) in [5, 5.41) is 18.2. The molecular formula is C13H24N2O4. The van der Waals surface area contributed by atoms with Crippen molar-refractivity contribution in [2.75, 3.05) is 33.3 Å². The monoisotopic (exact) mass is 272 g/mol. The topological polar surface area (TPSA) is 81.1 Å². The van der Waals surface area contributed by atoms with E-state index >= 15 is 0 Å². The number of carbonyl (C=O) groups is 2. The number of aliphatic carboxylic acids is 1. The van der Waals surface area contributed by atoms with Crippen molar-refractivity contribution in [1.29, 1.82) is 0 Å². The summed E-state index contributed by atoms with van der Waals surface area (Å²) >= 11 is 0. The molecule has 1 unspecified atom stereocenters. The largest absolute Gasteiger partial charge is 0.481 e. The number of hydrogen-bond acceptors (Lipinski definition) is 3. The van der Waals surface area contributed by atoms with Gasteiger partial charge in [0.1, 0.15) is 0 Å². The van der Waals surface area contributed by atoms with Crippen LogP contribution in [0.4, 0.5) is 4.79 Å². The van der Waals surface area contributed by atoms with Crippen LogP contribution in [0.25, 0.3) is 0 Å². The van der Waals surface area contributed by atoms with Gasteiger partial charge in [-0.1, -0.05) is 13.8 Å². The lowest BCUT2D eigenvalue weighted by atomic mass is 9.76. The molecule has 0 saturated carbocycles. The molecular weight excluding hydrogens is 248 g/mol. The molecule has 6 nitrogen and oxygen atoms in total. The quantitative estimate of drug-likeness (QED) is 0.777. The maximum atomic E-state index is 12.2. The van der Waals surface area contributed by atoms with Crippen LogP contribution in [0.15, 0.2) is 0 Å². The first-order chi connectivity index (χ1) is 8.85. The highest BCUT2D eigenvalue weighted by molar-refractivity contribution is 5.80. The zero-order valence-electron chi connectivity index (χ0n) is 11.9. The molecule has 0 aromatic carbocycles. The number of nitrogens with zero attached hydrogens (tertiary/aromatic N) is 2. The summed E-state index contributed by atoms with van der Waals surface area (Å²) in [6, 6.07) is -0.155. The maximum absolute atomic E-state index is 12.2. The Morgan fingerprint density at radius 3 is 2.47 bits per heavy atom. The third-order valence-corrected chi connectivity index (χ3v) is 4.08. The average molecular weight is 272 g/mol. The average Bonchev–Trinajstić information content (AvgIpc) is 2.81. The zero-order chi connectivity index (χ0) is 14.6. The van der Waals surface area contributed by atoms with E-state index in [1.165, 1.54) is 4.90 Å². The van der Waals surface area contributed by atoms with Crippen LogP contribution in [0, 0.1) is 11.3 Å². The van der Waals surface area contributed by atoms with Crippen LogP contribution in [0.2, 0.25) is 0 Å². The van der Waals surface area contributed by atoms with E-state index < -0.39 is 11.4 Å². The van der Waals surface area contributed by atoms with Crippen molar-refractivity contribution in [3.8, 4) is 0 Å². The minimum Gasteiger partial charge on any atom is -0.481 e. The fourth-order valence-electron chi connectivity index (χ4n) is 2.53. The van der Waals surface area contributed by atoms with E-state index in [4.69, 9.17) is 5.11 Å². The molecule has 2 N–H and O–H groups in total. The Morgan fingerprint density at radius 2 is 2.05 bits per heavy atom. The van der Waals surface area contributed by atoms with Crippen LogP contribution in [0.3, 0.4) is 0 Å². The van der Waals surface area contributed by atoms with Gasteiger partial charge in [-0.25, -0.2) is 4.79 Å². The van der Waals surface area contributed by atoms with E-state index in [9.17, 15) is 14.7 Å². The summed E-state index contributed by atoms with van der Waals surface area (Å²) in [4.78, 5) is 26.8. The van der Waals surface area contributed by atoms with Crippen molar-refractivity contribution in [2.24, 2.45) is 11.3 Å². The molecule has 1 rings (SSSR count). The molecule has 19 heavy (non-hydrogen) atoms. The second kappa shape index (κ2) is 6.23. The molecule has 1 aliphatic heterocycles. The molecule has 0 aliphatic carbocycles. The van der Waals surface area contributed by atoms with Crippen molar-refractivity contribution in [2.45, 2.75) is 26.7 Å². The number of amides is 2.